The number of ketones is 1. The van der Waals surface area contributed by atoms with E-state index in [0.29, 0.717) is 5.56 Å². The van der Waals surface area contributed by atoms with E-state index in [1.54, 1.807) is 13.0 Å². The number of fused-ring (bicyclic) bond motifs is 1. The van der Waals surface area contributed by atoms with Crippen molar-refractivity contribution in [1.82, 2.24) is 15.3 Å². The molecule has 0 aliphatic heterocycles. The number of aromatic amines is 2. The Labute approximate surface area is 162 Å². The summed E-state index contributed by atoms with van der Waals surface area (Å²) >= 11 is 0. The minimum absolute atomic E-state index is 0.263. The van der Waals surface area contributed by atoms with Gasteiger partial charge < -0.3 is 20.0 Å². The highest BCUT2D eigenvalue weighted by atomic mass is 16.5. The van der Waals surface area contributed by atoms with E-state index in [1.807, 2.05) is 37.4 Å². The van der Waals surface area contributed by atoms with Gasteiger partial charge >= 0.3 is 5.97 Å². The maximum atomic E-state index is 12.6. The summed E-state index contributed by atoms with van der Waals surface area (Å²) in [5.74, 6) is -1.27. The fraction of sp³-hybridized carbons (Fsp3) is 0.286. The first-order valence-electron chi connectivity index (χ1n) is 9.03. The molecule has 1 aromatic carbocycles. The van der Waals surface area contributed by atoms with E-state index in [1.165, 1.54) is 6.92 Å². The molecular weight excluding hydrogens is 358 g/mol. The van der Waals surface area contributed by atoms with E-state index in [0.717, 1.165) is 27.9 Å². The van der Waals surface area contributed by atoms with E-state index >= 15 is 0 Å². The molecule has 0 spiro atoms. The summed E-state index contributed by atoms with van der Waals surface area (Å²) in [6.45, 7) is 4.61. The lowest BCUT2D eigenvalue weighted by atomic mass is 10.0. The molecular formula is C21H23N3O4. The molecule has 2 heterocycles. The Hall–Kier alpha value is -3.35. The van der Waals surface area contributed by atoms with Crippen LogP contribution < -0.4 is 5.32 Å². The third-order valence-electron chi connectivity index (χ3n) is 4.56. The molecule has 0 bridgehead atoms. The average Bonchev–Trinajstić information content (AvgIpc) is 3.21. The summed E-state index contributed by atoms with van der Waals surface area (Å²) in [7, 11) is 0. The number of benzene rings is 1. The van der Waals surface area contributed by atoms with Gasteiger partial charge in [-0.05, 0) is 31.5 Å². The number of nitrogens with one attached hydrogen (secondary N) is 3. The maximum Gasteiger partial charge on any atom is 0.329 e. The number of amides is 1. The molecule has 3 aromatic rings. The maximum absolute atomic E-state index is 12.6. The first kappa shape index (κ1) is 19.4. The van der Waals surface area contributed by atoms with E-state index in [4.69, 9.17) is 4.74 Å². The van der Waals surface area contributed by atoms with Crippen molar-refractivity contribution in [3.63, 3.8) is 0 Å². The standard InChI is InChI=1S/C21H23N3O4/c1-12-8-17(13(2)23-12)20(26)11-28-21(27)19(24-14(3)25)9-15-10-22-18-7-5-4-6-16(15)18/h4-8,10,19,22-23H,9,11H2,1-3H3,(H,24,25)/t19-/m0/s1. The highest BCUT2D eigenvalue weighted by molar-refractivity contribution is 5.99. The Bertz CT molecular complexity index is 1030. The van der Waals surface area contributed by atoms with E-state index in [9.17, 15) is 14.4 Å². The summed E-state index contributed by atoms with van der Waals surface area (Å²) in [6.07, 6.45) is 2.07. The molecule has 3 rings (SSSR count). The van der Waals surface area contributed by atoms with Crippen molar-refractivity contribution in [2.75, 3.05) is 6.61 Å². The van der Waals surface area contributed by atoms with Crippen molar-refractivity contribution < 1.29 is 19.1 Å². The quantitative estimate of drug-likeness (QED) is 0.432. The van der Waals surface area contributed by atoms with Gasteiger partial charge in [-0.3, -0.25) is 9.59 Å². The van der Waals surface area contributed by atoms with Crippen LogP contribution in [0, 0.1) is 13.8 Å². The fourth-order valence-electron chi connectivity index (χ4n) is 3.29. The number of carbonyl (C=O) groups excluding carboxylic acids is 3. The predicted molar refractivity (Wildman–Crippen MR) is 105 cm³/mol. The minimum Gasteiger partial charge on any atom is -0.456 e. The molecule has 0 saturated heterocycles. The Kier molecular flexibility index (Phi) is 5.63. The molecule has 0 aliphatic carbocycles. The second-order valence-electron chi connectivity index (χ2n) is 6.84. The molecule has 0 fully saturated rings. The monoisotopic (exact) mass is 381 g/mol. The zero-order valence-corrected chi connectivity index (χ0v) is 16.1. The number of carbonyl (C=O) groups is 3. The van der Waals surface area contributed by atoms with Crippen molar-refractivity contribution in [3.05, 3.63) is 59.0 Å². The van der Waals surface area contributed by atoms with Crippen LogP contribution in [0.1, 0.15) is 34.2 Å². The number of esters is 1. The first-order valence-corrected chi connectivity index (χ1v) is 9.03. The zero-order chi connectivity index (χ0) is 20.3. The molecule has 0 unspecified atom stereocenters. The van der Waals surface area contributed by atoms with Gasteiger partial charge in [-0.15, -0.1) is 0 Å². The molecule has 7 nitrogen and oxygen atoms in total. The van der Waals surface area contributed by atoms with Gasteiger partial charge in [-0.2, -0.15) is 0 Å². The van der Waals surface area contributed by atoms with Crippen LogP contribution in [0.2, 0.25) is 0 Å². The Morgan fingerprint density at radius 3 is 2.61 bits per heavy atom. The lowest BCUT2D eigenvalue weighted by Crippen LogP contribution is -2.42. The lowest BCUT2D eigenvalue weighted by Gasteiger charge is -2.16. The van der Waals surface area contributed by atoms with Gasteiger partial charge in [-0.1, -0.05) is 18.2 Å². The molecule has 146 valence electrons. The summed E-state index contributed by atoms with van der Waals surface area (Å²) in [5.41, 5.74) is 3.92. The molecule has 7 heteroatoms. The number of para-hydroxylation sites is 1. The zero-order valence-electron chi connectivity index (χ0n) is 16.1. The normalized spacial score (nSPS) is 12.0. The van der Waals surface area contributed by atoms with Gasteiger partial charge in [0.15, 0.2) is 6.61 Å². The number of ether oxygens (including phenoxy) is 1. The van der Waals surface area contributed by atoms with Crippen molar-refractivity contribution in [1.29, 1.82) is 0 Å². The van der Waals surface area contributed by atoms with Crippen LogP contribution in [0.25, 0.3) is 10.9 Å². The summed E-state index contributed by atoms with van der Waals surface area (Å²) in [5, 5.41) is 3.59. The molecule has 1 amide bonds. The van der Waals surface area contributed by atoms with Gasteiger partial charge in [0.1, 0.15) is 6.04 Å². The second-order valence-corrected chi connectivity index (χ2v) is 6.84. The van der Waals surface area contributed by atoms with Gasteiger partial charge in [0.25, 0.3) is 0 Å². The predicted octanol–water partition coefficient (Wildman–Crippen LogP) is 2.59. The number of Topliss-reactive ketones (excluding diaryl/α,β-unsaturated/α-hetero) is 1. The van der Waals surface area contributed by atoms with E-state index in [-0.39, 0.29) is 24.7 Å². The SMILES string of the molecule is CC(=O)N[C@@H](Cc1c[nH]c2ccccc12)C(=O)OCC(=O)c1cc(C)[nH]c1C. The molecule has 1 atom stereocenters. The smallest absolute Gasteiger partial charge is 0.329 e. The molecule has 3 N–H and O–H groups in total. The van der Waals surface area contributed by atoms with E-state index in [2.05, 4.69) is 15.3 Å². The van der Waals surface area contributed by atoms with Crippen LogP contribution >= 0.6 is 0 Å². The third-order valence-corrected chi connectivity index (χ3v) is 4.56. The Morgan fingerprint density at radius 1 is 1.18 bits per heavy atom. The number of H-pyrrole nitrogens is 2. The van der Waals surface area contributed by atoms with Gasteiger partial charge in [-0.25, -0.2) is 4.79 Å². The molecule has 0 radical (unpaired) electrons. The fourth-order valence-corrected chi connectivity index (χ4v) is 3.29. The summed E-state index contributed by atoms with van der Waals surface area (Å²) < 4.78 is 5.22. The van der Waals surface area contributed by atoms with Crippen molar-refractivity contribution in [3.8, 4) is 0 Å². The number of hydrogen-bond donors (Lipinski definition) is 3. The summed E-state index contributed by atoms with van der Waals surface area (Å²) in [6, 6.07) is 8.55. The highest BCUT2D eigenvalue weighted by Crippen LogP contribution is 2.19. The molecule has 28 heavy (non-hydrogen) atoms. The molecule has 0 aliphatic rings. The van der Waals surface area contributed by atoms with Crippen molar-refractivity contribution >= 4 is 28.6 Å². The van der Waals surface area contributed by atoms with Gasteiger partial charge in [0.2, 0.25) is 11.7 Å². The van der Waals surface area contributed by atoms with E-state index < -0.39 is 12.0 Å². The minimum atomic E-state index is -0.876. The van der Waals surface area contributed by atoms with Crippen LogP contribution in [0.15, 0.2) is 36.5 Å². The number of aryl methyl sites for hydroxylation is 2. The first-order chi connectivity index (χ1) is 13.3. The second kappa shape index (κ2) is 8.12. The topological polar surface area (TPSA) is 104 Å². The Morgan fingerprint density at radius 2 is 1.93 bits per heavy atom. The van der Waals surface area contributed by atoms with Crippen molar-refractivity contribution in [2.45, 2.75) is 33.2 Å². The van der Waals surface area contributed by atoms with Gasteiger partial charge in [0.05, 0.1) is 0 Å². The lowest BCUT2D eigenvalue weighted by molar-refractivity contribution is -0.146. The third kappa shape index (κ3) is 4.31. The van der Waals surface area contributed by atoms with Gasteiger partial charge in [0, 0.05) is 47.4 Å². The van der Waals surface area contributed by atoms with Crippen LogP contribution in [0.5, 0.6) is 0 Å². The largest absolute Gasteiger partial charge is 0.456 e. The number of rotatable bonds is 7. The van der Waals surface area contributed by atoms with Crippen molar-refractivity contribution in [2.24, 2.45) is 0 Å². The van der Waals surface area contributed by atoms with Crippen LogP contribution in [0.3, 0.4) is 0 Å². The molecule has 0 saturated carbocycles. The van der Waals surface area contributed by atoms with Crippen LogP contribution in [-0.4, -0.2) is 40.3 Å². The van der Waals surface area contributed by atoms with Crippen LogP contribution in [-0.2, 0) is 20.7 Å². The average molecular weight is 381 g/mol. The molecule has 2 aromatic heterocycles. The highest BCUT2D eigenvalue weighted by Gasteiger charge is 2.24. The van der Waals surface area contributed by atoms with Crippen LogP contribution in [0.4, 0.5) is 0 Å². The number of hydrogen-bond acceptors (Lipinski definition) is 4. The Balaban J connectivity index is 1.70. The summed E-state index contributed by atoms with van der Waals surface area (Å²) in [4.78, 5) is 42.6. The number of aromatic nitrogens is 2.